The molecule has 2 aliphatic rings. The third kappa shape index (κ3) is 4.42. The number of anilines is 4. The SMILES string of the molecule is CC(C)c1cc(Nc2nc(N3C[C@@H](F)C[C@H]3C(=O)Nc3ccc(F)nc3)nc3c2CCC3)n[nH]1. The van der Waals surface area contributed by atoms with Gasteiger partial charge in [0.15, 0.2) is 5.82 Å². The Kier molecular flexibility index (Phi) is 5.84. The van der Waals surface area contributed by atoms with E-state index in [-0.39, 0.29) is 13.0 Å². The molecule has 1 saturated heterocycles. The number of pyridine rings is 1. The number of nitrogens with one attached hydrogen (secondary N) is 3. The summed E-state index contributed by atoms with van der Waals surface area (Å²) in [4.78, 5) is 27.5. The highest BCUT2D eigenvalue weighted by atomic mass is 19.1. The summed E-state index contributed by atoms with van der Waals surface area (Å²) in [5.74, 6) is 0.819. The molecule has 1 fully saturated rings. The zero-order chi connectivity index (χ0) is 23.8. The zero-order valence-electron chi connectivity index (χ0n) is 19.0. The van der Waals surface area contributed by atoms with Crippen LogP contribution < -0.4 is 15.5 Å². The lowest BCUT2D eigenvalue weighted by molar-refractivity contribution is -0.117. The minimum Gasteiger partial charge on any atom is -0.326 e. The molecule has 1 amide bonds. The van der Waals surface area contributed by atoms with Gasteiger partial charge in [0.05, 0.1) is 24.1 Å². The van der Waals surface area contributed by atoms with E-state index in [1.54, 1.807) is 4.90 Å². The van der Waals surface area contributed by atoms with Crippen LogP contribution in [0.25, 0.3) is 0 Å². The largest absolute Gasteiger partial charge is 0.326 e. The fourth-order valence-electron chi connectivity index (χ4n) is 4.40. The van der Waals surface area contributed by atoms with Crippen LogP contribution in [0.4, 0.5) is 32.1 Å². The molecule has 0 radical (unpaired) electrons. The molecule has 3 aromatic rings. The van der Waals surface area contributed by atoms with E-state index in [0.717, 1.165) is 42.3 Å². The first kappa shape index (κ1) is 22.2. The highest BCUT2D eigenvalue weighted by Crippen LogP contribution is 2.33. The van der Waals surface area contributed by atoms with Gasteiger partial charge >= 0.3 is 0 Å². The average Bonchev–Trinajstić information content (AvgIpc) is 3.54. The van der Waals surface area contributed by atoms with Crippen molar-refractivity contribution < 1.29 is 13.6 Å². The molecule has 3 aromatic heterocycles. The quantitative estimate of drug-likeness (QED) is 0.474. The number of fused-ring (bicyclic) bond motifs is 1. The second-order valence-electron chi connectivity index (χ2n) is 9.00. The summed E-state index contributed by atoms with van der Waals surface area (Å²) in [6.07, 6.45) is 2.63. The molecule has 1 aliphatic carbocycles. The van der Waals surface area contributed by atoms with E-state index in [1.165, 1.54) is 12.3 Å². The van der Waals surface area contributed by atoms with E-state index in [0.29, 0.717) is 29.2 Å². The molecule has 3 N–H and O–H groups in total. The summed E-state index contributed by atoms with van der Waals surface area (Å²) < 4.78 is 27.6. The number of hydrogen-bond acceptors (Lipinski definition) is 7. The predicted molar refractivity (Wildman–Crippen MR) is 123 cm³/mol. The number of aromatic nitrogens is 5. The van der Waals surface area contributed by atoms with Crippen LogP contribution in [0.15, 0.2) is 24.4 Å². The Bertz CT molecular complexity index is 1200. The van der Waals surface area contributed by atoms with Crippen LogP contribution in [0.3, 0.4) is 0 Å². The van der Waals surface area contributed by atoms with Crippen LogP contribution >= 0.6 is 0 Å². The average molecular weight is 469 g/mol. The molecule has 34 heavy (non-hydrogen) atoms. The summed E-state index contributed by atoms with van der Waals surface area (Å²) in [6, 6.07) is 3.70. The van der Waals surface area contributed by atoms with E-state index < -0.39 is 24.1 Å². The van der Waals surface area contributed by atoms with Gasteiger partial charge in [-0.15, -0.1) is 0 Å². The Balaban J connectivity index is 1.42. The van der Waals surface area contributed by atoms with Crippen molar-refractivity contribution in [3.05, 3.63) is 47.3 Å². The molecule has 0 aromatic carbocycles. The molecular weight excluding hydrogens is 442 g/mol. The number of H-pyrrole nitrogens is 1. The Labute approximate surface area is 195 Å². The van der Waals surface area contributed by atoms with Crippen LogP contribution in [-0.4, -0.2) is 49.8 Å². The van der Waals surface area contributed by atoms with Gasteiger partial charge in [0.1, 0.15) is 18.0 Å². The van der Waals surface area contributed by atoms with Gasteiger partial charge in [-0.05, 0) is 37.3 Å². The number of alkyl halides is 1. The first-order chi connectivity index (χ1) is 16.4. The maximum Gasteiger partial charge on any atom is 0.247 e. The third-order valence-corrected chi connectivity index (χ3v) is 6.19. The fraction of sp³-hybridized carbons (Fsp3) is 0.435. The Morgan fingerprint density at radius 2 is 2.12 bits per heavy atom. The smallest absolute Gasteiger partial charge is 0.247 e. The van der Waals surface area contributed by atoms with E-state index >= 15 is 0 Å². The summed E-state index contributed by atoms with van der Waals surface area (Å²) in [7, 11) is 0. The zero-order valence-corrected chi connectivity index (χ0v) is 19.0. The fourth-order valence-corrected chi connectivity index (χ4v) is 4.40. The normalized spacial score (nSPS) is 19.5. The lowest BCUT2D eigenvalue weighted by Crippen LogP contribution is -2.40. The molecule has 1 aliphatic heterocycles. The van der Waals surface area contributed by atoms with E-state index in [1.807, 2.05) is 6.07 Å². The maximum atomic E-state index is 14.5. The van der Waals surface area contributed by atoms with Gasteiger partial charge < -0.3 is 15.5 Å². The Morgan fingerprint density at radius 3 is 2.85 bits per heavy atom. The number of rotatable bonds is 6. The molecule has 178 valence electrons. The van der Waals surface area contributed by atoms with E-state index in [4.69, 9.17) is 9.97 Å². The standard InChI is InChI=1S/C23H26F2N8O/c1-12(2)17-9-20(32-31-17)29-21-15-4-3-5-16(15)28-23(30-21)33-11-13(24)8-18(33)22(34)27-14-6-7-19(25)26-10-14/h6-7,9-10,12-13,18H,3-5,8,11H2,1-2H3,(H,27,34)(H2,28,29,30,31,32)/t13-,18-/m0/s1. The van der Waals surface area contributed by atoms with Crippen molar-refractivity contribution in [1.29, 1.82) is 0 Å². The van der Waals surface area contributed by atoms with Crippen LogP contribution in [0.1, 0.15) is 49.6 Å². The first-order valence-electron chi connectivity index (χ1n) is 11.4. The number of aryl methyl sites for hydroxylation is 1. The van der Waals surface area contributed by atoms with Crippen molar-refractivity contribution in [3.8, 4) is 0 Å². The summed E-state index contributed by atoms with van der Waals surface area (Å²) in [6.45, 7) is 4.16. The van der Waals surface area contributed by atoms with Crippen molar-refractivity contribution >= 4 is 29.2 Å². The van der Waals surface area contributed by atoms with Gasteiger partial charge in [-0.2, -0.15) is 14.5 Å². The van der Waals surface area contributed by atoms with Crippen LogP contribution in [0, 0.1) is 5.95 Å². The number of hydrogen-bond donors (Lipinski definition) is 3. The van der Waals surface area contributed by atoms with Crippen molar-refractivity contribution in [2.45, 2.75) is 57.7 Å². The summed E-state index contributed by atoms with van der Waals surface area (Å²) >= 11 is 0. The van der Waals surface area contributed by atoms with Crippen molar-refractivity contribution in [1.82, 2.24) is 25.1 Å². The van der Waals surface area contributed by atoms with Crippen LogP contribution in [0.2, 0.25) is 0 Å². The second-order valence-corrected chi connectivity index (χ2v) is 9.00. The molecule has 5 rings (SSSR count). The highest BCUT2D eigenvalue weighted by Gasteiger charge is 2.39. The summed E-state index contributed by atoms with van der Waals surface area (Å²) in [5, 5.41) is 13.3. The minimum atomic E-state index is -1.20. The number of halogens is 2. The van der Waals surface area contributed by atoms with Gasteiger partial charge in [-0.1, -0.05) is 13.8 Å². The van der Waals surface area contributed by atoms with Crippen molar-refractivity contribution in [2.24, 2.45) is 0 Å². The number of aromatic amines is 1. The topological polar surface area (TPSA) is 112 Å². The van der Waals surface area contributed by atoms with Gasteiger partial charge in [-0.3, -0.25) is 9.89 Å². The molecule has 0 unspecified atom stereocenters. The molecule has 11 heteroatoms. The van der Waals surface area contributed by atoms with E-state index in [2.05, 4.69) is 39.7 Å². The van der Waals surface area contributed by atoms with Crippen LogP contribution in [0.5, 0.6) is 0 Å². The second kappa shape index (κ2) is 8.96. The lowest BCUT2D eigenvalue weighted by atomic mass is 10.1. The van der Waals surface area contributed by atoms with Gasteiger partial charge in [-0.25, -0.2) is 14.4 Å². The molecule has 0 saturated carbocycles. The van der Waals surface area contributed by atoms with Crippen LogP contribution in [-0.2, 0) is 17.6 Å². The number of amides is 1. The first-order valence-corrected chi connectivity index (χ1v) is 11.4. The molecule has 9 nitrogen and oxygen atoms in total. The Hall–Kier alpha value is -3.63. The predicted octanol–water partition coefficient (Wildman–Crippen LogP) is 3.65. The van der Waals surface area contributed by atoms with Crippen molar-refractivity contribution in [2.75, 3.05) is 22.1 Å². The van der Waals surface area contributed by atoms with Gasteiger partial charge in [0, 0.05) is 23.7 Å². The maximum absolute atomic E-state index is 14.5. The molecule has 2 atom stereocenters. The molecular formula is C23H26F2N8O. The van der Waals surface area contributed by atoms with Gasteiger partial charge in [0.2, 0.25) is 17.8 Å². The summed E-state index contributed by atoms with van der Waals surface area (Å²) in [5.41, 5.74) is 3.26. The number of carbonyl (C=O) groups is 1. The minimum absolute atomic E-state index is 0.0118. The number of carbonyl (C=O) groups excluding carboxylic acids is 1. The number of nitrogens with zero attached hydrogens (tertiary/aromatic N) is 5. The molecule has 4 heterocycles. The third-order valence-electron chi connectivity index (χ3n) is 6.19. The molecule has 0 spiro atoms. The monoisotopic (exact) mass is 468 g/mol. The highest BCUT2D eigenvalue weighted by molar-refractivity contribution is 5.97. The Morgan fingerprint density at radius 1 is 1.26 bits per heavy atom. The molecule has 0 bridgehead atoms. The van der Waals surface area contributed by atoms with Gasteiger partial charge in [0.25, 0.3) is 0 Å². The van der Waals surface area contributed by atoms with Crippen molar-refractivity contribution in [3.63, 3.8) is 0 Å². The van der Waals surface area contributed by atoms with E-state index in [9.17, 15) is 13.6 Å². The lowest BCUT2D eigenvalue weighted by Gasteiger charge is -2.24.